The van der Waals surface area contributed by atoms with Gasteiger partial charge in [0.15, 0.2) is 0 Å². The lowest BCUT2D eigenvalue weighted by atomic mass is 10.1. The second kappa shape index (κ2) is 8.60. The van der Waals surface area contributed by atoms with Gasteiger partial charge in [0.05, 0.1) is 12.3 Å². The standard InChI is InChI=1S/C21H22N2O4/c1-27-14-13-22(15-16-5-3-2-4-6-16)21(26)17-7-9-18(10-8-17)23-19(24)11-12-20(23)25/h2-10H,11-15H2,1H3. The highest BCUT2D eigenvalue weighted by Gasteiger charge is 2.30. The van der Waals surface area contributed by atoms with Gasteiger partial charge in [-0.25, -0.2) is 0 Å². The van der Waals surface area contributed by atoms with Crippen LogP contribution in [-0.2, 0) is 20.9 Å². The number of hydrogen-bond acceptors (Lipinski definition) is 4. The number of ether oxygens (including phenoxy) is 1. The number of benzene rings is 2. The second-order valence-corrected chi connectivity index (χ2v) is 6.37. The van der Waals surface area contributed by atoms with Gasteiger partial charge in [0.2, 0.25) is 11.8 Å². The number of amides is 3. The molecule has 1 fully saturated rings. The fraction of sp³-hybridized carbons (Fsp3) is 0.286. The van der Waals surface area contributed by atoms with Gasteiger partial charge in [-0.2, -0.15) is 0 Å². The van der Waals surface area contributed by atoms with E-state index >= 15 is 0 Å². The Hall–Kier alpha value is -2.99. The van der Waals surface area contributed by atoms with E-state index in [1.165, 1.54) is 4.90 Å². The SMILES string of the molecule is COCCN(Cc1ccccc1)C(=O)c1ccc(N2C(=O)CCC2=O)cc1. The first-order valence-corrected chi connectivity index (χ1v) is 8.88. The summed E-state index contributed by atoms with van der Waals surface area (Å²) in [6, 6.07) is 16.4. The van der Waals surface area contributed by atoms with Crippen LogP contribution in [0.25, 0.3) is 0 Å². The Morgan fingerprint density at radius 3 is 2.22 bits per heavy atom. The molecule has 0 spiro atoms. The molecule has 1 saturated heterocycles. The third-order valence-electron chi connectivity index (χ3n) is 4.49. The lowest BCUT2D eigenvalue weighted by Gasteiger charge is -2.23. The number of anilines is 1. The maximum atomic E-state index is 12.9. The molecule has 3 rings (SSSR count). The van der Waals surface area contributed by atoms with Crippen LogP contribution in [0.3, 0.4) is 0 Å². The van der Waals surface area contributed by atoms with Crippen molar-refractivity contribution in [1.29, 1.82) is 0 Å². The van der Waals surface area contributed by atoms with Crippen molar-refractivity contribution >= 4 is 23.4 Å². The summed E-state index contributed by atoms with van der Waals surface area (Å²) in [5, 5.41) is 0. The maximum absolute atomic E-state index is 12.9. The van der Waals surface area contributed by atoms with Crippen LogP contribution in [0.2, 0.25) is 0 Å². The third kappa shape index (κ3) is 4.41. The number of rotatable bonds is 7. The van der Waals surface area contributed by atoms with Gasteiger partial charge < -0.3 is 9.64 Å². The first-order chi connectivity index (χ1) is 13.1. The molecule has 140 valence electrons. The predicted molar refractivity (Wildman–Crippen MR) is 101 cm³/mol. The monoisotopic (exact) mass is 366 g/mol. The molecular weight excluding hydrogens is 344 g/mol. The molecule has 0 atom stereocenters. The summed E-state index contributed by atoms with van der Waals surface area (Å²) in [4.78, 5) is 39.5. The van der Waals surface area contributed by atoms with E-state index in [1.54, 1.807) is 36.3 Å². The number of carbonyl (C=O) groups is 3. The predicted octanol–water partition coefficient (Wildman–Crippen LogP) is 2.63. The molecule has 0 N–H and O–H groups in total. The average molecular weight is 366 g/mol. The molecule has 1 aliphatic rings. The van der Waals surface area contributed by atoms with Crippen molar-refractivity contribution in [3.63, 3.8) is 0 Å². The number of methoxy groups -OCH3 is 1. The second-order valence-electron chi connectivity index (χ2n) is 6.37. The summed E-state index contributed by atoms with van der Waals surface area (Å²) in [5.41, 5.74) is 2.04. The highest BCUT2D eigenvalue weighted by Crippen LogP contribution is 2.23. The zero-order valence-corrected chi connectivity index (χ0v) is 15.3. The Labute approximate surface area is 158 Å². The highest BCUT2D eigenvalue weighted by molar-refractivity contribution is 6.19. The first kappa shape index (κ1) is 18.8. The van der Waals surface area contributed by atoms with E-state index in [1.807, 2.05) is 30.3 Å². The molecule has 0 bridgehead atoms. The van der Waals surface area contributed by atoms with Crippen molar-refractivity contribution in [3.05, 3.63) is 65.7 Å². The van der Waals surface area contributed by atoms with Crippen LogP contribution in [0.1, 0.15) is 28.8 Å². The van der Waals surface area contributed by atoms with Gasteiger partial charge in [-0.1, -0.05) is 30.3 Å². The minimum atomic E-state index is -0.204. The van der Waals surface area contributed by atoms with Crippen LogP contribution in [0.5, 0.6) is 0 Å². The molecule has 1 heterocycles. The number of carbonyl (C=O) groups excluding carboxylic acids is 3. The van der Waals surface area contributed by atoms with Gasteiger partial charge in [0.25, 0.3) is 5.91 Å². The molecule has 0 saturated carbocycles. The van der Waals surface area contributed by atoms with Crippen molar-refractivity contribution in [1.82, 2.24) is 4.90 Å². The molecule has 3 amide bonds. The van der Waals surface area contributed by atoms with E-state index in [2.05, 4.69) is 0 Å². The molecule has 6 nitrogen and oxygen atoms in total. The van der Waals surface area contributed by atoms with E-state index in [-0.39, 0.29) is 30.6 Å². The zero-order chi connectivity index (χ0) is 19.2. The number of nitrogens with zero attached hydrogens (tertiary/aromatic N) is 2. The van der Waals surface area contributed by atoms with Crippen LogP contribution in [-0.4, -0.2) is 42.9 Å². The number of hydrogen-bond donors (Lipinski definition) is 0. The van der Waals surface area contributed by atoms with Crippen LogP contribution in [0.4, 0.5) is 5.69 Å². The third-order valence-corrected chi connectivity index (χ3v) is 4.49. The van der Waals surface area contributed by atoms with E-state index in [9.17, 15) is 14.4 Å². The summed E-state index contributed by atoms with van der Waals surface area (Å²) in [6.45, 7) is 1.39. The van der Waals surface area contributed by atoms with Crippen LogP contribution < -0.4 is 4.90 Å². The van der Waals surface area contributed by atoms with Crippen LogP contribution >= 0.6 is 0 Å². The summed E-state index contributed by atoms with van der Waals surface area (Å²) in [7, 11) is 1.60. The number of imide groups is 1. The average Bonchev–Trinajstić information content (AvgIpc) is 3.04. The van der Waals surface area contributed by atoms with Gasteiger partial charge in [-0.05, 0) is 29.8 Å². The van der Waals surface area contributed by atoms with Crippen molar-refractivity contribution in [2.24, 2.45) is 0 Å². The van der Waals surface area contributed by atoms with E-state index in [0.29, 0.717) is 30.9 Å². The summed E-state index contributed by atoms with van der Waals surface area (Å²) in [6.07, 6.45) is 0.475. The van der Waals surface area contributed by atoms with Crippen LogP contribution in [0, 0.1) is 0 Å². The first-order valence-electron chi connectivity index (χ1n) is 8.88. The Balaban J connectivity index is 1.76. The fourth-order valence-corrected chi connectivity index (χ4v) is 3.06. The molecule has 2 aromatic carbocycles. The van der Waals surface area contributed by atoms with Crippen molar-refractivity contribution < 1.29 is 19.1 Å². The largest absolute Gasteiger partial charge is 0.383 e. The quantitative estimate of drug-likeness (QED) is 0.707. The highest BCUT2D eigenvalue weighted by atomic mass is 16.5. The Bertz CT molecular complexity index is 802. The molecule has 1 aliphatic heterocycles. The minimum absolute atomic E-state index is 0.124. The topological polar surface area (TPSA) is 66.9 Å². The molecule has 0 aliphatic carbocycles. The molecule has 0 unspecified atom stereocenters. The minimum Gasteiger partial charge on any atom is -0.383 e. The molecule has 2 aromatic rings. The van der Waals surface area contributed by atoms with Gasteiger partial charge in [-0.3, -0.25) is 19.3 Å². The fourth-order valence-electron chi connectivity index (χ4n) is 3.06. The Kier molecular flexibility index (Phi) is 5.98. The Morgan fingerprint density at radius 2 is 1.63 bits per heavy atom. The summed E-state index contributed by atoms with van der Waals surface area (Å²) in [5.74, 6) is -0.531. The van der Waals surface area contributed by atoms with E-state index in [4.69, 9.17) is 4.74 Å². The molecule has 27 heavy (non-hydrogen) atoms. The summed E-state index contributed by atoms with van der Waals surface area (Å²) < 4.78 is 5.13. The normalized spacial score (nSPS) is 13.9. The van der Waals surface area contributed by atoms with Crippen molar-refractivity contribution in [2.45, 2.75) is 19.4 Å². The lowest BCUT2D eigenvalue weighted by Crippen LogP contribution is -2.33. The van der Waals surface area contributed by atoms with Crippen molar-refractivity contribution in [2.75, 3.05) is 25.2 Å². The van der Waals surface area contributed by atoms with E-state index < -0.39 is 0 Å². The molecular formula is C21H22N2O4. The zero-order valence-electron chi connectivity index (χ0n) is 15.3. The summed E-state index contributed by atoms with van der Waals surface area (Å²) >= 11 is 0. The smallest absolute Gasteiger partial charge is 0.254 e. The van der Waals surface area contributed by atoms with Crippen LogP contribution in [0.15, 0.2) is 54.6 Å². The van der Waals surface area contributed by atoms with Gasteiger partial charge >= 0.3 is 0 Å². The van der Waals surface area contributed by atoms with Gasteiger partial charge in [-0.15, -0.1) is 0 Å². The molecule has 0 aromatic heterocycles. The van der Waals surface area contributed by atoms with Gasteiger partial charge in [0, 0.05) is 38.6 Å². The molecule has 0 radical (unpaired) electrons. The molecule has 6 heteroatoms. The Morgan fingerprint density at radius 1 is 1.00 bits per heavy atom. The van der Waals surface area contributed by atoms with Crippen molar-refractivity contribution in [3.8, 4) is 0 Å². The maximum Gasteiger partial charge on any atom is 0.254 e. The van der Waals surface area contributed by atoms with Gasteiger partial charge in [0.1, 0.15) is 0 Å². The lowest BCUT2D eigenvalue weighted by molar-refractivity contribution is -0.121. The van der Waals surface area contributed by atoms with E-state index in [0.717, 1.165) is 5.56 Å².